The van der Waals surface area contributed by atoms with Gasteiger partial charge in [0.1, 0.15) is 6.04 Å². The summed E-state index contributed by atoms with van der Waals surface area (Å²) in [6.45, 7) is 0.149. The molecule has 0 aliphatic rings. The molecule has 1 aromatic carbocycles. The molecule has 1 atom stereocenters. The van der Waals surface area contributed by atoms with Crippen molar-refractivity contribution in [3.05, 3.63) is 35.4 Å². The molecule has 108 valence electrons. The number of nitrogens with one attached hydrogen (secondary N) is 1. The number of carbonyl (C=O) groups excluding carboxylic acids is 1. The van der Waals surface area contributed by atoms with Gasteiger partial charge in [-0.05, 0) is 18.1 Å². The number of amides is 1. The van der Waals surface area contributed by atoms with Gasteiger partial charge in [0, 0.05) is 18.5 Å². The molecule has 0 aromatic heterocycles. The summed E-state index contributed by atoms with van der Waals surface area (Å²) in [5.41, 5.74) is 6.38. The number of nitrogens with two attached hydrogens (primary N) is 1. The summed E-state index contributed by atoms with van der Waals surface area (Å²) < 4.78 is 0. The lowest BCUT2D eigenvalue weighted by Crippen LogP contribution is -2.41. The van der Waals surface area contributed by atoms with Crippen LogP contribution in [0.3, 0.4) is 0 Å². The van der Waals surface area contributed by atoms with Crippen LogP contribution in [0.4, 0.5) is 0 Å². The molecule has 20 heavy (non-hydrogen) atoms. The highest BCUT2D eigenvalue weighted by Gasteiger charge is 2.22. The minimum absolute atomic E-state index is 0.149. The number of hydrogen-bond acceptors (Lipinski definition) is 4. The number of carboxylic acid groups (broad SMARTS) is 2. The van der Waals surface area contributed by atoms with Gasteiger partial charge < -0.3 is 21.3 Å². The maximum Gasteiger partial charge on any atom is 0.326 e. The summed E-state index contributed by atoms with van der Waals surface area (Å²) in [5.74, 6) is -2.97. The molecule has 0 saturated heterocycles. The molecule has 0 spiro atoms. The molecule has 0 saturated carbocycles. The Hall–Kier alpha value is -2.41. The van der Waals surface area contributed by atoms with E-state index in [1.54, 1.807) is 18.2 Å². The number of carboxylic acids is 2. The van der Waals surface area contributed by atoms with E-state index in [0.29, 0.717) is 5.56 Å². The molecule has 1 unspecified atom stereocenters. The monoisotopic (exact) mass is 280 g/mol. The Morgan fingerprint density at radius 2 is 1.85 bits per heavy atom. The van der Waals surface area contributed by atoms with Gasteiger partial charge in [-0.3, -0.25) is 9.59 Å². The molecule has 0 fully saturated rings. The van der Waals surface area contributed by atoms with Crippen molar-refractivity contribution in [1.82, 2.24) is 5.32 Å². The summed E-state index contributed by atoms with van der Waals surface area (Å²) >= 11 is 0. The van der Waals surface area contributed by atoms with Crippen molar-refractivity contribution in [3.63, 3.8) is 0 Å². The Balaban J connectivity index is 2.80. The Kier molecular flexibility index (Phi) is 5.67. The van der Waals surface area contributed by atoms with E-state index >= 15 is 0 Å². The van der Waals surface area contributed by atoms with Crippen LogP contribution in [0, 0.1) is 0 Å². The average Bonchev–Trinajstić information content (AvgIpc) is 2.42. The van der Waals surface area contributed by atoms with Gasteiger partial charge in [0.2, 0.25) is 0 Å². The molecule has 7 nitrogen and oxygen atoms in total. The first kappa shape index (κ1) is 15.6. The smallest absolute Gasteiger partial charge is 0.326 e. The number of hydrogen-bond donors (Lipinski definition) is 4. The van der Waals surface area contributed by atoms with E-state index in [1.165, 1.54) is 6.07 Å². The first-order chi connectivity index (χ1) is 9.45. The van der Waals surface area contributed by atoms with Crippen LogP contribution in [0.2, 0.25) is 0 Å². The highest BCUT2D eigenvalue weighted by Crippen LogP contribution is 2.09. The van der Waals surface area contributed by atoms with E-state index in [2.05, 4.69) is 5.32 Å². The normalized spacial score (nSPS) is 11.7. The molecule has 7 heteroatoms. The summed E-state index contributed by atoms with van der Waals surface area (Å²) in [5, 5.41) is 19.8. The predicted octanol–water partition coefficient (Wildman–Crippen LogP) is 0.193. The third kappa shape index (κ3) is 4.36. The summed E-state index contributed by atoms with van der Waals surface area (Å²) in [6, 6.07) is 5.32. The van der Waals surface area contributed by atoms with Crippen LogP contribution in [0.15, 0.2) is 24.3 Å². The molecule has 1 amide bonds. The van der Waals surface area contributed by atoms with Crippen molar-refractivity contribution < 1.29 is 24.6 Å². The molecule has 1 rings (SSSR count). The first-order valence-corrected chi connectivity index (χ1v) is 5.99. The topological polar surface area (TPSA) is 130 Å². The Morgan fingerprint density at radius 3 is 2.40 bits per heavy atom. The van der Waals surface area contributed by atoms with Crippen molar-refractivity contribution in [1.29, 1.82) is 0 Å². The van der Waals surface area contributed by atoms with Crippen LogP contribution in [-0.2, 0) is 16.1 Å². The van der Waals surface area contributed by atoms with Crippen LogP contribution >= 0.6 is 0 Å². The average molecular weight is 280 g/mol. The lowest BCUT2D eigenvalue weighted by atomic mass is 10.1. The zero-order valence-corrected chi connectivity index (χ0v) is 10.7. The second kappa shape index (κ2) is 7.25. The summed E-state index contributed by atoms with van der Waals surface area (Å²) in [7, 11) is 0. The first-order valence-electron chi connectivity index (χ1n) is 5.99. The molecule has 0 heterocycles. The SMILES string of the molecule is NCc1ccccc1C(=O)NC(CCC(=O)O)C(=O)O. The van der Waals surface area contributed by atoms with Crippen molar-refractivity contribution in [2.24, 2.45) is 5.73 Å². The van der Waals surface area contributed by atoms with Crippen molar-refractivity contribution >= 4 is 17.8 Å². The van der Waals surface area contributed by atoms with Gasteiger partial charge in [-0.2, -0.15) is 0 Å². The summed E-state index contributed by atoms with van der Waals surface area (Å²) in [6.07, 6.45) is -0.517. The number of benzene rings is 1. The molecule has 0 aliphatic heterocycles. The minimum Gasteiger partial charge on any atom is -0.481 e. The Labute approximate surface area is 115 Å². The van der Waals surface area contributed by atoms with Gasteiger partial charge in [-0.1, -0.05) is 18.2 Å². The third-order valence-electron chi connectivity index (χ3n) is 2.73. The maximum atomic E-state index is 12.0. The molecular weight excluding hydrogens is 264 g/mol. The summed E-state index contributed by atoms with van der Waals surface area (Å²) in [4.78, 5) is 33.5. The van der Waals surface area contributed by atoms with Crippen LogP contribution < -0.4 is 11.1 Å². The fourth-order valence-electron chi connectivity index (χ4n) is 1.68. The number of carbonyl (C=O) groups is 3. The van der Waals surface area contributed by atoms with E-state index in [1.807, 2.05) is 0 Å². The Morgan fingerprint density at radius 1 is 1.20 bits per heavy atom. The maximum absolute atomic E-state index is 12.0. The zero-order chi connectivity index (χ0) is 15.1. The third-order valence-corrected chi connectivity index (χ3v) is 2.73. The van der Waals surface area contributed by atoms with Gasteiger partial charge in [-0.15, -0.1) is 0 Å². The second-order valence-corrected chi connectivity index (χ2v) is 4.16. The van der Waals surface area contributed by atoms with Crippen LogP contribution in [0.5, 0.6) is 0 Å². The highest BCUT2D eigenvalue weighted by atomic mass is 16.4. The lowest BCUT2D eigenvalue weighted by molar-refractivity contribution is -0.140. The fourth-order valence-corrected chi connectivity index (χ4v) is 1.68. The van der Waals surface area contributed by atoms with Crippen molar-refractivity contribution in [2.75, 3.05) is 0 Å². The molecule has 0 bridgehead atoms. The Bertz CT molecular complexity index is 515. The molecule has 0 radical (unpaired) electrons. The van der Waals surface area contributed by atoms with E-state index in [4.69, 9.17) is 15.9 Å². The molecule has 5 N–H and O–H groups in total. The second-order valence-electron chi connectivity index (χ2n) is 4.16. The molecule has 0 aliphatic carbocycles. The van der Waals surface area contributed by atoms with Crippen LogP contribution in [0.25, 0.3) is 0 Å². The molecule has 1 aromatic rings. The van der Waals surface area contributed by atoms with Crippen LogP contribution in [0.1, 0.15) is 28.8 Å². The van der Waals surface area contributed by atoms with Gasteiger partial charge >= 0.3 is 11.9 Å². The van der Waals surface area contributed by atoms with Gasteiger partial charge in [0.05, 0.1) is 0 Å². The van der Waals surface area contributed by atoms with Crippen LogP contribution in [-0.4, -0.2) is 34.1 Å². The zero-order valence-electron chi connectivity index (χ0n) is 10.7. The van der Waals surface area contributed by atoms with E-state index < -0.39 is 23.9 Å². The minimum atomic E-state index is -1.27. The predicted molar refractivity (Wildman–Crippen MR) is 70.1 cm³/mol. The van der Waals surface area contributed by atoms with Gasteiger partial charge in [0.15, 0.2) is 0 Å². The van der Waals surface area contributed by atoms with E-state index in [9.17, 15) is 14.4 Å². The van der Waals surface area contributed by atoms with Crippen molar-refractivity contribution in [2.45, 2.75) is 25.4 Å². The van der Waals surface area contributed by atoms with E-state index in [-0.39, 0.29) is 24.9 Å². The number of aliphatic carboxylic acids is 2. The number of rotatable bonds is 7. The standard InChI is InChI=1S/C13H16N2O5/c14-7-8-3-1-2-4-9(8)12(18)15-10(13(19)20)5-6-11(16)17/h1-4,10H,5-7,14H2,(H,15,18)(H,16,17)(H,19,20). The van der Waals surface area contributed by atoms with Gasteiger partial charge in [0.25, 0.3) is 5.91 Å². The molecular formula is C13H16N2O5. The van der Waals surface area contributed by atoms with Crippen molar-refractivity contribution in [3.8, 4) is 0 Å². The van der Waals surface area contributed by atoms with Gasteiger partial charge in [-0.25, -0.2) is 4.79 Å². The fraction of sp³-hybridized carbons (Fsp3) is 0.308. The lowest BCUT2D eigenvalue weighted by Gasteiger charge is -2.15. The highest BCUT2D eigenvalue weighted by molar-refractivity contribution is 5.97. The quantitative estimate of drug-likeness (QED) is 0.564. The largest absolute Gasteiger partial charge is 0.481 e. The van der Waals surface area contributed by atoms with E-state index in [0.717, 1.165) is 0 Å².